The SMILES string of the molecule is CCCOc1cc(N)cc(N2CCCC3(C2)OCCO3)c1. The summed E-state index contributed by atoms with van der Waals surface area (Å²) in [6.07, 6.45) is 3.00. The molecule has 21 heavy (non-hydrogen) atoms. The number of benzene rings is 1. The quantitative estimate of drug-likeness (QED) is 0.864. The average Bonchev–Trinajstić information content (AvgIpc) is 2.92. The molecule has 0 aliphatic carbocycles. The molecule has 0 atom stereocenters. The van der Waals surface area contributed by atoms with Crippen LogP contribution in [0.1, 0.15) is 26.2 Å². The number of ether oxygens (including phenoxy) is 3. The second-order valence-electron chi connectivity index (χ2n) is 5.74. The molecule has 0 amide bonds. The van der Waals surface area contributed by atoms with Gasteiger partial charge in [-0.1, -0.05) is 6.92 Å². The van der Waals surface area contributed by atoms with Crippen molar-refractivity contribution in [3.8, 4) is 5.75 Å². The van der Waals surface area contributed by atoms with Gasteiger partial charge >= 0.3 is 0 Å². The number of nitrogens with two attached hydrogens (primary N) is 1. The number of piperidine rings is 1. The molecule has 116 valence electrons. The van der Waals surface area contributed by atoms with Gasteiger partial charge in [-0.2, -0.15) is 0 Å². The standard InChI is InChI=1S/C16H24N2O3/c1-2-6-19-15-10-13(17)9-14(11-15)18-5-3-4-16(12-18)20-7-8-21-16/h9-11H,2-8,12,17H2,1H3. The Morgan fingerprint density at radius 2 is 2.10 bits per heavy atom. The number of nitrogen functional groups attached to an aromatic ring is 1. The summed E-state index contributed by atoms with van der Waals surface area (Å²) >= 11 is 0. The molecule has 5 nitrogen and oxygen atoms in total. The highest BCUT2D eigenvalue weighted by atomic mass is 16.7. The van der Waals surface area contributed by atoms with Crippen molar-refractivity contribution < 1.29 is 14.2 Å². The fourth-order valence-corrected chi connectivity index (χ4v) is 3.03. The number of rotatable bonds is 4. The van der Waals surface area contributed by atoms with E-state index < -0.39 is 5.79 Å². The van der Waals surface area contributed by atoms with E-state index in [2.05, 4.69) is 17.9 Å². The summed E-state index contributed by atoms with van der Waals surface area (Å²) in [5.74, 6) is 0.410. The van der Waals surface area contributed by atoms with Crippen molar-refractivity contribution in [1.82, 2.24) is 0 Å². The minimum atomic E-state index is -0.423. The molecule has 2 aliphatic rings. The summed E-state index contributed by atoms with van der Waals surface area (Å²) < 4.78 is 17.4. The van der Waals surface area contributed by atoms with Crippen LogP contribution in [0.2, 0.25) is 0 Å². The van der Waals surface area contributed by atoms with E-state index in [1.165, 1.54) is 0 Å². The first-order valence-electron chi connectivity index (χ1n) is 7.77. The molecular weight excluding hydrogens is 268 g/mol. The van der Waals surface area contributed by atoms with Crippen molar-refractivity contribution in [2.75, 3.05) is 43.5 Å². The number of hydrogen-bond acceptors (Lipinski definition) is 5. The second-order valence-corrected chi connectivity index (χ2v) is 5.74. The summed E-state index contributed by atoms with van der Waals surface area (Å²) in [5.41, 5.74) is 7.82. The van der Waals surface area contributed by atoms with Gasteiger partial charge in [-0.05, 0) is 18.9 Å². The number of nitrogens with zero attached hydrogens (tertiary/aromatic N) is 1. The smallest absolute Gasteiger partial charge is 0.186 e. The highest BCUT2D eigenvalue weighted by molar-refractivity contribution is 5.61. The highest BCUT2D eigenvalue weighted by Crippen LogP contribution is 2.34. The fourth-order valence-electron chi connectivity index (χ4n) is 3.03. The Bertz CT molecular complexity index is 486. The Hall–Kier alpha value is -1.46. The third kappa shape index (κ3) is 3.24. The molecule has 0 bridgehead atoms. The van der Waals surface area contributed by atoms with Gasteiger partial charge in [-0.3, -0.25) is 0 Å². The van der Waals surface area contributed by atoms with Crippen molar-refractivity contribution in [2.45, 2.75) is 32.0 Å². The molecule has 0 radical (unpaired) electrons. The first-order chi connectivity index (χ1) is 10.2. The van der Waals surface area contributed by atoms with E-state index in [1.807, 2.05) is 12.1 Å². The molecule has 0 aromatic heterocycles. The summed E-state index contributed by atoms with van der Waals surface area (Å²) in [4.78, 5) is 2.28. The predicted octanol–water partition coefficient (Wildman–Crippen LogP) is 2.40. The van der Waals surface area contributed by atoms with Gasteiger partial charge < -0.3 is 24.8 Å². The van der Waals surface area contributed by atoms with Crippen LogP contribution >= 0.6 is 0 Å². The van der Waals surface area contributed by atoms with Crippen LogP contribution in [0.3, 0.4) is 0 Å². The van der Waals surface area contributed by atoms with Crippen LogP contribution in [0.15, 0.2) is 18.2 Å². The first-order valence-corrected chi connectivity index (χ1v) is 7.77. The molecule has 2 N–H and O–H groups in total. The molecule has 2 heterocycles. The Kier molecular flexibility index (Phi) is 4.22. The summed E-state index contributed by atoms with van der Waals surface area (Å²) in [6, 6.07) is 5.92. The predicted molar refractivity (Wildman–Crippen MR) is 82.7 cm³/mol. The van der Waals surface area contributed by atoms with Gasteiger partial charge in [0.15, 0.2) is 5.79 Å². The zero-order valence-electron chi connectivity index (χ0n) is 12.6. The molecular formula is C16H24N2O3. The molecule has 2 saturated heterocycles. The molecule has 3 rings (SSSR count). The van der Waals surface area contributed by atoms with Gasteiger partial charge in [-0.25, -0.2) is 0 Å². The third-order valence-corrected chi connectivity index (χ3v) is 3.98. The van der Waals surface area contributed by atoms with Gasteiger partial charge in [0.25, 0.3) is 0 Å². The van der Waals surface area contributed by atoms with Crippen LogP contribution in [0, 0.1) is 0 Å². The molecule has 1 spiro atoms. The Labute approximate surface area is 126 Å². The third-order valence-electron chi connectivity index (χ3n) is 3.98. The van der Waals surface area contributed by atoms with Crippen molar-refractivity contribution >= 4 is 11.4 Å². The minimum Gasteiger partial charge on any atom is -0.493 e. The van der Waals surface area contributed by atoms with E-state index in [1.54, 1.807) is 0 Å². The maximum Gasteiger partial charge on any atom is 0.186 e. The summed E-state index contributed by atoms with van der Waals surface area (Å²) in [5, 5.41) is 0. The molecule has 2 aliphatic heterocycles. The first kappa shape index (κ1) is 14.5. The minimum absolute atomic E-state index is 0.423. The molecule has 0 saturated carbocycles. The molecule has 0 unspecified atom stereocenters. The normalized spacial score (nSPS) is 20.9. The van der Waals surface area contributed by atoms with Crippen LogP contribution in [-0.2, 0) is 9.47 Å². The molecule has 2 fully saturated rings. The lowest BCUT2D eigenvalue weighted by atomic mass is 10.0. The maximum atomic E-state index is 6.01. The van der Waals surface area contributed by atoms with E-state index in [4.69, 9.17) is 19.9 Å². The molecule has 1 aromatic rings. The van der Waals surface area contributed by atoms with Crippen molar-refractivity contribution in [2.24, 2.45) is 0 Å². The molecule has 5 heteroatoms. The Balaban J connectivity index is 1.77. The van der Waals surface area contributed by atoms with E-state index in [0.717, 1.165) is 49.5 Å². The Morgan fingerprint density at radius 1 is 1.29 bits per heavy atom. The van der Waals surface area contributed by atoms with E-state index in [9.17, 15) is 0 Å². The average molecular weight is 292 g/mol. The maximum absolute atomic E-state index is 6.01. The summed E-state index contributed by atoms with van der Waals surface area (Å²) in [6.45, 7) is 5.93. The Morgan fingerprint density at radius 3 is 2.86 bits per heavy atom. The monoisotopic (exact) mass is 292 g/mol. The van der Waals surface area contributed by atoms with Gasteiger partial charge in [0.2, 0.25) is 0 Å². The van der Waals surface area contributed by atoms with Crippen LogP contribution in [0.5, 0.6) is 5.75 Å². The molecule has 1 aromatic carbocycles. The topological polar surface area (TPSA) is 57.0 Å². The second kappa shape index (κ2) is 6.12. The van der Waals surface area contributed by atoms with E-state index in [-0.39, 0.29) is 0 Å². The van der Waals surface area contributed by atoms with Gasteiger partial charge in [0, 0.05) is 36.5 Å². The van der Waals surface area contributed by atoms with E-state index >= 15 is 0 Å². The van der Waals surface area contributed by atoms with Crippen LogP contribution in [0.4, 0.5) is 11.4 Å². The van der Waals surface area contributed by atoms with Gasteiger partial charge in [-0.15, -0.1) is 0 Å². The van der Waals surface area contributed by atoms with E-state index in [0.29, 0.717) is 19.8 Å². The fraction of sp³-hybridized carbons (Fsp3) is 0.625. The zero-order valence-corrected chi connectivity index (χ0v) is 12.6. The highest BCUT2D eigenvalue weighted by Gasteiger charge is 2.40. The van der Waals surface area contributed by atoms with Crippen molar-refractivity contribution in [3.63, 3.8) is 0 Å². The van der Waals surface area contributed by atoms with Gasteiger partial charge in [0.05, 0.1) is 26.4 Å². The van der Waals surface area contributed by atoms with Crippen LogP contribution in [-0.4, -0.2) is 38.7 Å². The van der Waals surface area contributed by atoms with Crippen LogP contribution in [0.25, 0.3) is 0 Å². The lowest BCUT2D eigenvalue weighted by Gasteiger charge is -2.40. The zero-order chi connectivity index (χ0) is 14.7. The van der Waals surface area contributed by atoms with Crippen LogP contribution < -0.4 is 15.4 Å². The largest absolute Gasteiger partial charge is 0.493 e. The lowest BCUT2D eigenvalue weighted by molar-refractivity contribution is -0.161. The number of anilines is 2. The van der Waals surface area contributed by atoms with Gasteiger partial charge in [0.1, 0.15) is 5.75 Å². The van der Waals surface area contributed by atoms with Crippen molar-refractivity contribution in [3.05, 3.63) is 18.2 Å². The lowest BCUT2D eigenvalue weighted by Crippen LogP contribution is -2.49. The summed E-state index contributed by atoms with van der Waals surface area (Å²) in [7, 11) is 0. The van der Waals surface area contributed by atoms with Crippen molar-refractivity contribution in [1.29, 1.82) is 0 Å². The number of hydrogen-bond donors (Lipinski definition) is 1.